The average molecular weight is 494 g/mol. The van der Waals surface area contributed by atoms with Crippen molar-refractivity contribution in [3.05, 3.63) is 62.5 Å². The Morgan fingerprint density at radius 1 is 1.39 bits per heavy atom. The van der Waals surface area contributed by atoms with Crippen molar-refractivity contribution in [2.24, 2.45) is 10.9 Å². The van der Waals surface area contributed by atoms with Gasteiger partial charge >= 0.3 is 11.9 Å². The summed E-state index contributed by atoms with van der Waals surface area (Å²) in [6, 6.07) is 3.39. The molecule has 1 fully saturated rings. The number of benzene rings is 1. The van der Waals surface area contributed by atoms with Gasteiger partial charge in [-0.25, -0.2) is 19.0 Å². The van der Waals surface area contributed by atoms with Crippen molar-refractivity contribution in [2.45, 2.75) is 25.5 Å². The Hall–Kier alpha value is -2.82. The fraction of sp³-hybridized carbons (Fsp3) is 0.364. The first-order valence-electron chi connectivity index (χ1n) is 10.2. The highest BCUT2D eigenvalue weighted by Crippen LogP contribution is 2.40. The molecule has 8 nitrogen and oxygen atoms in total. The largest absolute Gasteiger partial charge is 0.466 e. The molecule has 0 saturated carbocycles. The van der Waals surface area contributed by atoms with Gasteiger partial charge in [0, 0.05) is 28.8 Å². The number of methoxy groups -OCH3 is 1. The van der Waals surface area contributed by atoms with Crippen molar-refractivity contribution in [1.29, 1.82) is 0 Å². The normalized spacial score (nSPS) is 22.5. The number of aliphatic imine (C=N–C) groups is 1. The monoisotopic (exact) mass is 493 g/mol. The van der Waals surface area contributed by atoms with Gasteiger partial charge in [-0.05, 0) is 19.4 Å². The smallest absolute Gasteiger partial charge is 0.338 e. The summed E-state index contributed by atoms with van der Waals surface area (Å²) in [5.74, 6) is -1.71. The molecule has 2 aliphatic rings. The van der Waals surface area contributed by atoms with Crippen LogP contribution in [0.1, 0.15) is 30.0 Å². The third kappa shape index (κ3) is 4.64. The molecule has 2 aromatic rings. The molecule has 0 aliphatic carbocycles. The number of ether oxygens (including phenoxy) is 3. The lowest BCUT2D eigenvalue weighted by Crippen LogP contribution is -2.37. The van der Waals surface area contributed by atoms with Crippen molar-refractivity contribution in [1.82, 2.24) is 10.3 Å². The van der Waals surface area contributed by atoms with E-state index in [0.717, 1.165) is 0 Å². The Bertz CT molecular complexity index is 1120. The van der Waals surface area contributed by atoms with Gasteiger partial charge < -0.3 is 19.5 Å². The lowest BCUT2D eigenvalue weighted by molar-refractivity contribution is -0.153. The number of hydrogen-bond donors (Lipinski definition) is 1. The fourth-order valence-corrected chi connectivity index (χ4v) is 4.67. The van der Waals surface area contributed by atoms with E-state index in [4.69, 9.17) is 25.8 Å². The highest BCUT2D eigenvalue weighted by Gasteiger charge is 2.41. The van der Waals surface area contributed by atoms with Gasteiger partial charge in [0.2, 0.25) is 0 Å². The van der Waals surface area contributed by atoms with Crippen LogP contribution in [0, 0.1) is 11.7 Å². The van der Waals surface area contributed by atoms with E-state index in [2.05, 4.69) is 15.3 Å². The molecule has 174 valence electrons. The molecule has 0 amide bonds. The number of hydrogen-bond acceptors (Lipinski definition) is 9. The second-order valence-corrected chi connectivity index (χ2v) is 8.58. The first-order chi connectivity index (χ1) is 15.9. The predicted octanol–water partition coefficient (Wildman–Crippen LogP) is 3.42. The molecule has 1 saturated heterocycles. The molecule has 4 rings (SSSR count). The number of nitrogens with zero attached hydrogens (tertiary/aromatic N) is 2. The molecule has 11 heteroatoms. The standard InChI is InChI=1S/C22H21ClFN3O5S/c1-3-31-21(28)14-9-11(10-32-14)17-15(22(29)30-2)18(12-5-4-6-13(24)16(12)23)27-19(26-17)20-25-7-8-33-20/h4-8,11,14,18H,3,9-10H2,1-2H3,(H,26,27). The predicted molar refractivity (Wildman–Crippen MR) is 119 cm³/mol. The molecule has 0 radical (unpaired) electrons. The quantitative estimate of drug-likeness (QED) is 0.615. The molecule has 33 heavy (non-hydrogen) atoms. The number of esters is 2. The minimum absolute atomic E-state index is 0.139. The van der Waals surface area contributed by atoms with Crippen LogP contribution >= 0.6 is 22.9 Å². The molecule has 1 N–H and O–H groups in total. The van der Waals surface area contributed by atoms with E-state index in [1.54, 1.807) is 24.6 Å². The summed E-state index contributed by atoms with van der Waals surface area (Å²) in [5.41, 5.74) is 0.952. The van der Waals surface area contributed by atoms with Crippen molar-refractivity contribution < 1.29 is 28.2 Å². The van der Waals surface area contributed by atoms with E-state index in [0.29, 0.717) is 22.1 Å². The van der Waals surface area contributed by atoms with Crippen molar-refractivity contribution in [3.63, 3.8) is 0 Å². The Morgan fingerprint density at radius 3 is 2.91 bits per heavy atom. The van der Waals surface area contributed by atoms with Crippen LogP contribution in [0.3, 0.4) is 0 Å². The number of rotatable bonds is 6. The maximum absolute atomic E-state index is 14.3. The fourth-order valence-electron chi connectivity index (χ4n) is 3.85. The van der Waals surface area contributed by atoms with Crippen LogP contribution in [0.4, 0.5) is 4.39 Å². The first-order valence-corrected chi connectivity index (χ1v) is 11.5. The first kappa shape index (κ1) is 23.3. The molecule has 0 bridgehead atoms. The molecule has 1 aromatic carbocycles. The molecular weight excluding hydrogens is 473 g/mol. The molecular formula is C22H21ClFN3O5S. The lowest BCUT2D eigenvalue weighted by atomic mass is 9.89. The van der Waals surface area contributed by atoms with E-state index in [1.165, 1.54) is 30.6 Å². The molecule has 2 aliphatic heterocycles. The van der Waals surface area contributed by atoms with Crippen LogP contribution in [0.2, 0.25) is 5.02 Å². The van der Waals surface area contributed by atoms with Gasteiger partial charge in [-0.1, -0.05) is 23.7 Å². The van der Waals surface area contributed by atoms with Crippen LogP contribution < -0.4 is 5.32 Å². The highest BCUT2D eigenvalue weighted by atomic mass is 35.5. The van der Waals surface area contributed by atoms with Crippen LogP contribution in [-0.2, 0) is 23.8 Å². The number of amidine groups is 1. The average Bonchev–Trinajstić information content (AvgIpc) is 3.52. The zero-order valence-electron chi connectivity index (χ0n) is 17.8. The summed E-state index contributed by atoms with van der Waals surface area (Å²) in [5, 5.41) is 5.43. The summed E-state index contributed by atoms with van der Waals surface area (Å²) in [6.07, 6.45) is 1.15. The van der Waals surface area contributed by atoms with E-state index in [9.17, 15) is 14.0 Å². The number of nitrogens with one attached hydrogen (secondary N) is 1. The molecule has 3 heterocycles. The van der Waals surface area contributed by atoms with Crippen LogP contribution in [-0.4, -0.2) is 49.2 Å². The van der Waals surface area contributed by atoms with Gasteiger partial charge in [0.05, 0.1) is 30.9 Å². The zero-order chi connectivity index (χ0) is 23.5. The summed E-state index contributed by atoms with van der Waals surface area (Å²) in [4.78, 5) is 34.1. The minimum atomic E-state index is -0.947. The number of carbonyl (C=O) groups excluding carboxylic acids is 2. The highest BCUT2D eigenvalue weighted by molar-refractivity contribution is 7.11. The second kappa shape index (κ2) is 9.98. The van der Waals surface area contributed by atoms with Gasteiger partial charge in [-0.2, -0.15) is 0 Å². The van der Waals surface area contributed by atoms with Gasteiger partial charge in [0.1, 0.15) is 11.9 Å². The molecule has 0 spiro atoms. The number of aromatic nitrogens is 1. The summed E-state index contributed by atoms with van der Waals surface area (Å²) >= 11 is 7.63. The van der Waals surface area contributed by atoms with E-state index in [-0.39, 0.29) is 36.1 Å². The van der Waals surface area contributed by atoms with Gasteiger partial charge in [0.15, 0.2) is 16.9 Å². The number of carbonyl (C=O) groups is 2. The Balaban J connectivity index is 1.82. The van der Waals surface area contributed by atoms with E-state index >= 15 is 0 Å². The molecule has 1 aromatic heterocycles. The SMILES string of the molecule is CCOC(=O)C1CC(C2=C(C(=O)OC)C(c3cccc(F)c3Cl)N=C(c3nccs3)N2)CO1. The van der Waals surface area contributed by atoms with E-state index in [1.807, 2.05) is 0 Å². The summed E-state index contributed by atoms with van der Waals surface area (Å²) in [7, 11) is 1.25. The summed E-state index contributed by atoms with van der Waals surface area (Å²) < 4.78 is 30.1. The van der Waals surface area contributed by atoms with Crippen molar-refractivity contribution >= 4 is 40.7 Å². The van der Waals surface area contributed by atoms with Gasteiger partial charge in [-0.15, -0.1) is 11.3 Å². The molecule has 3 unspecified atom stereocenters. The Kier molecular flexibility index (Phi) is 7.06. The third-order valence-electron chi connectivity index (χ3n) is 5.35. The third-order valence-corrected chi connectivity index (χ3v) is 6.52. The Labute approximate surface area is 198 Å². The maximum atomic E-state index is 14.3. The molecule has 3 atom stereocenters. The van der Waals surface area contributed by atoms with Crippen LogP contribution in [0.15, 0.2) is 46.0 Å². The van der Waals surface area contributed by atoms with Crippen molar-refractivity contribution in [3.8, 4) is 0 Å². The van der Waals surface area contributed by atoms with E-state index < -0.39 is 29.9 Å². The van der Waals surface area contributed by atoms with Gasteiger partial charge in [-0.3, -0.25) is 4.99 Å². The minimum Gasteiger partial charge on any atom is -0.466 e. The van der Waals surface area contributed by atoms with Gasteiger partial charge in [0.25, 0.3) is 0 Å². The van der Waals surface area contributed by atoms with Crippen LogP contribution in [0.25, 0.3) is 0 Å². The Morgan fingerprint density at radius 2 is 2.21 bits per heavy atom. The van der Waals surface area contributed by atoms with Crippen LogP contribution in [0.5, 0.6) is 0 Å². The number of thiazole rings is 1. The zero-order valence-corrected chi connectivity index (χ0v) is 19.4. The maximum Gasteiger partial charge on any atom is 0.338 e. The lowest BCUT2D eigenvalue weighted by Gasteiger charge is -2.29. The second-order valence-electron chi connectivity index (χ2n) is 7.31. The number of halogens is 2. The van der Waals surface area contributed by atoms with Crippen molar-refractivity contribution in [2.75, 3.05) is 20.3 Å². The summed E-state index contributed by atoms with van der Waals surface area (Å²) in [6.45, 7) is 2.12. The topological polar surface area (TPSA) is 99.1 Å².